The Balaban J connectivity index is 2.53. The molecule has 1 nitrogen and oxygen atoms in total. The van der Waals surface area contributed by atoms with Gasteiger partial charge in [0.2, 0.25) is 0 Å². The zero-order valence-electron chi connectivity index (χ0n) is 12.4. The van der Waals surface area contributed by atoms with Gasteiger partial charge in [-0.05, 0) is 48.4 Å². The van der Waals surface area contributed by atoms with Crippen LogP contribution in [0.4, 0.5) is 4.39 Å². The van der Waals surface area contributed by atoms with Crippen LogP contribution in [0.2, 0.25) is 0 Å². The minimum atomic E-state index is -0.167. The van der Waals surface area contributed by atoms with E-state index in [0.717, 1.165) is 11.9 Å². The van der Waals surface area contributed by atoms with Crippen molar-refractivity contribution in [3.8, 4) is 0 Å². The number of aromatic amines is 1. The van der Waals surface area contributed by atoms with Crippen molar-refractivity contribution in [2.75, 3.05) is 0 Å². The van der Waals surface area contributed by atoms with Crippen LogP contribution < -0.4 is 0 Å². The monoisotopic (exact) mass is 261 g/mol. The molecular formula is C17H24FN. The van der Waals surface area contributed by atoms with Crippen LogP contribution in [0.15, 0.2) is 18.2 Å². The van der Waals surface area contributed by atoms with E-state index in [0.29, 0.717) is 11.8 Å². The molecule has 2 aromatic rings. The SMILES string of the molecule is CCCCc1c(C(C)C(C)C)[nH]c2cc(F)ccc12. The molecule has 0 aliphatic rings. The van der Waals surface area contributed by atoms with Crippen molar-refractivity contribution < 1.29 is 4.39 Å². The number of hydrogen-bond donors (Lipinski definition) is 1. The van der Waals surface area contributed by atoms with Crippen LogP contribution in [-0.4, -0.2) is 4.98 Å². The Kier molecular flexibility index (Phi) is 4.28. The fourth-order valence-electron chi connectivity index (χ4n) is 2.59. The van der Waals surface area contributed by atoms with E-state index in [2.05, 4.69) is 32.7 Å². The minimum absolute atomic E-state index is 0.167. The third-order valence-electron chi connectivity index (χ3n) is 4.14. The van der Waals surface area contributed by atoms with Gasteiger partial charge in [-0.3, -0.25) is 0 Å². The molecule has 1 unspecified atom stereocenters. The molecule has 1 atom stereocenters. The highest BCUT2D eigenvalue weighted by molar-refractivity contribution is 5.85. The highest BCUT2D eigenvalue weighted by atomic mass is 19.1. The molecule has 0 aliphatic heterocycles. The van der Waals surface area contributed by atoms with Gasteiger partial charge in [0.25, 0.3) is 0 Å². The topological polar surface area (TPSA) is 15.8 Å². The van der Waals surface area contributed by atoms with Crippen molar-refractivity contribution in [2.24, 2.45) is 5.92 Å². The summed E-state index contributed by atoms with van der Waals surface area (Å²) in [6, 6.07) is 5.10. The molecule has 0 fully saturated rings. The lowest BCUT2D eigenvalue weighted by Crippen LogP contribution is -2.05. The molecule has 1 N–H and O–H groups in total. The lowest BCUT2D eigenvalue weighted by molar-refractivity contribution is 0.522. The van der Waals surface area contributed by atoms with Crippen molar-refractivity contribution >= 4 is 10.9 Å². The average molecular weight is 261 g/mol. The van der Waals surface area contributed by atoms with Crippen LogP contribution in [0.1, 0.15) is 57.7 Å². The van der Waals surface area contributed by atoms with Crippen LogP contribution >= 0.6 is 0 Å². The summed E-state index contributed by atoms with van der Waals surface area (Å²) in [5, 5.41) is 1.19. The van der Waals surface area contributed by atoms with Gasteiger partial charge >= 0.3 is 0 Å². The Morgan fingerprint density at radius 3 is 2.58 bits per heavy atom. The molecule has 104 valence electrons. The second-order valence-electron chi connectivity index (χ2n) is 5.84. The lowest BCUT2D eigenvalue weighted by atomic mass is 9.90. The van der Waals surface area contributed by atoms with E-state index in [1.165, 1.54) is 29.5 Å². The summed E-state index contributed by atoms with van der Waals surface area (Å²) < 4.78 is 13.4. The van der Waals surface area contributed by atoms with Gasteiger partial charge in [0.1, 0.15) is 5.82 Å². The third kappa shape index (κ3) is 2.83. The lowest BCUT2D eigenvalue weighted by Gasteiger charge is -2.16. The smallest absolute Gasteiger partial charge is 0.125 e. The van der Waals surface area contributed by atoms with Crippen molar-refractivity contribution in [1.29, 1.82) is 0 Å². The van der Waals surface area contributed by atoms with Crippen molar-refractivity contribution in [3.63, 3.8) is 0 Å². The largest absolute Gasteiger partial charge is 0.358 e. The van der Waals surface area contributed by atoms with Crippen LogP contribution in [0.25, 0.3) is 10.9 Å². The summed E-state index contributed by atoms with van der Waals surface area (Å²) >= 11 is 0. The maximum atomic E-state index is 13.4. The summed E-state index contributed by atoms with van der Waals surface area (Å²) in [5.41, 5.74) is 3.62. The molecule has 0 saturated carbocycles. The van der Waals surface area contributed by atoms with Gasteiger partial charge in [-0.15, -0.1) is 0 Å². The van der Waals surface area contributed by atoms with Crippen molar-refractivity contribution in [2.45, 2.75) is 52.9 Å². The van der Waals surface area contributed by atoms with Gasteiger partial charge in [0.05, 0.1) is 0 Å². The maximum Gasteiger partial charge on any atom is 0.125 e. The Morgan fingerprint density at radius 2 is 1.95 bits per heavy atom. The fourth-order valence-corrected chi connectivity index (χ4v) is 2.59. The highest BCUT2D eigenvalue weighted by Crippen LogP contribution is 2.32. The molecule has 0 aliphatic carbocycles. The Morgan fingerprint density at radius 1 is 1.21 bits per heavy atom. The Labute approximate surface area is 115 Å². The zero-order chi connectivity index (χ0) is 14.0. The average Bonchev–Trinajstić information content (AvgIpc) is 2.72. The summed E-state index contributed by atoms with van der Waals surface area (Å²) in [5.74, 6) is 0.889. The number of fused-ring (bicyclic) bond motifs is 1. The van der Waals surface area contributed by atoms with E-state index in [-0.39, 0.29) is 5.82 Å². The normalized spacial score (nSPS) is 13.4. The number of aryl methyl sites for hydroxylation is 1. The van der Waals surface area contributed by atoms with Crippen LogP contribution in [-0.2, 0) is 6.42 Å². The third-order valence-corrected chi connectivity index (χ3v) is 4.14. The number of nitrogens with one attached hydrogen (secondary N) is 1. The van der Waals surface area contributed by atoms with Crippen molar-refractivity contribution in [3.05, 3.63) is 35.3 Å². The number of hydrogen-bond acceptors (Lipinski definition) is 0. The zero-order valence-corrected chi connectivity index (χ0v) is 12.4. The van der Waals surface area contributed by atoms with E-state index >= 15 is 0 Å². The van der Waals surface area contributed by atoms with Gasteiger partial charge in [-0.25, -0.2) is 4.39 Å². The van der Waals surface area contributed by atoms with Crippen LogP contribution in [0.3, 0.4) is 0 Å². The highest BCUT2D eigenvalue weighted by Gasteiger charge is 2.18. The standard InChI is InChI=1S/C17H24FN/c1-5-6-7-15-14-9-8-13(18)10-16(14)19-17(15)12(4)11(2)3/h8-12,19H,5-7H2,1-4H3. The first-order valence-corrected chi connectivity index (χ1v) is 7.34. The van der Waals surface area contributed by atoms with Gasteiger partial charge in [0.15, 0.2) is 0 Å². The molecule has 0 spiro atoms. The summed E-state index contributed by atoms with van der Waals surface area (Å²) in [6.45, 7) is 8.93. The molecule has 1 aromatic heterocycles. The number of H-pyrrole nitrogens is 1. The number of unbranched alkanes of at least 4 members (excludes halogenated alkanes) is 1. The van der Waals surface area contributed by atoms with Gasteiger partial charge in [0, 0.05) is 16.6 Å². The second kappa shape index (κ2) is 5.77. The molecule has 1 aromatic carbocycles. The summed E-state index contributed by atoms with van der Waals surface area (Å²) in [4.78, 5) is 3.46. The van der Waals surface area contributed by atoms with Gasteiger partial charge < -0.3 is 4.98 Å². The number of halogens is 1. The van der Waals surface area contributed by atoms with E-state index in [4.69, 9.17) is 0 Å². The second-order valence-corrected chi connectivity index (χ2v) is 5.84. The van der Waals surface area contributed by atoms with E-state index in [1.54, 1.807) is 12.1 Å². The van der Waals surface area contributed by atoms with E-state index in [1.807, 2.05) is 6.07 Å². The molecule has 0 saturated heterocycles. The van der Waals surface area contributed by atoms with Crippen LogP contribution in [0.5, 0.6) is 0 Å². The fraction of sp³-hybridized carbons (Fsp3) is 0.529. The first-order chi connectivity index (χ1) is 9.04. The van der Waals surface area contributed by atoms with Gasteiger partial charge in [-0.1, -0.05) is 34.1 Å². The predicted molar refractivity (Wildman–Crippen MR) is 80.1 cm³/mol. The summed E-state index contributed by atoms with van der Waals surface area (Å²) in [7, 11) is 0. The molecular weight excluding hydrogens is 237 g/mol. The quantitative estimate of drug-likeness (QED) is 0.740. The predicted octanol–water partition coefficient (Wildman–Crippen LogP) is 5.41. The number of rotatable bonds is 5. The van der Waals surface area contributed by atoms with E-state index in [9.17, 15) is 4.39 Å². The maximum absolute atomic E-state index is 13.4. The molecule has 0 bridgehead atoms. The number of benzene rings is 1. The van der Waals surface area contributed by atoms with Gasteiger partial charge in [-0.2, -0.15) is 0 Å². The number of aromatic nitrogens is 1. The minimum Gasteiger partial charge on any atom is -0.358 e. The molecule has 2 rings (SSSR count). The first-order valence-electron chi connectivity index (χ1n) is 7.34. The molecule has 0 radical (unpaired) electrons. The molecule has 1 heterocycles. The Bertz CT molecular complexity index is 554. The van der Waals surface area contributed by atoms with Crippen molar-refractivity contribution in [1.82, 2.24) is 4.98 Å². The van der Waals surface area contributed by atoms with E-state index < -0.39 is 0 Å². The molecule has 2 heteroatoms. The van der Waals surface area contributed by atoms with Crippen LogP contribution in [0, 0.1) is 11.7 Å². The first kappa shape index (κ1) is 14.1. The molecule has 19 heavy (non-hydrogen) atoms. The Hall–Kier alpha value is -1.31. The summed E-state index contributed by atoms with van der Waals surface area (Å²) in [6.07, 6.45) is 3.44. The molecule has 0 amide bonds.